The summed E-state index contributed by atoms with van der Waals surface area (Å²) in [7, 11) is 0. The Balaban J connectivity index is 1.98. The minimum Gasteiger partial charge on any atom is -0.327 e. The molecule has 0 bridgehead atoms. The maximum atomic E-state index is 13.1. The van der Waals surface area contributed by atoms with E-state index in [9.17, 15) is 8.78 Å². The lowest BCUT2D eigenvalue weighted by molar-refractivity contribution is 0.506. The molecule has 0 aliphatic carbocycles. The van der Waals surface area contributed by atoms with Gasteiger partial charge in [0.05, 0.1) is 0 Å². The third-order valence-electron chi connectivity index (χ3n) is 2.89. The highest BCUT2D eigenvalue weighted by Gasteiger charge is 2.08. The molecule has 2 rings (SSSR count). The van der Waals surface area contributed by atoms with E-state index in [1.807, 2.05) is 24.3 Å². The van der Waals surface area contributed by atoms with Gasteiger partial charge < -0.3 is 5.73 Å². The van der Waals surface area contributed by atoms with Crippen LogP contribution in [-0.2, 0) is 12.8 Å². The lowest BCUT2D eigenvalue weighted by atomic mass is 10.00. The van der Waals surface area contributed by atoms with Crippen LogP contribution in [0.15, 0.2) is 42.5 Å². The molecule has 0 fully saturated rings. The van der Waals surface area contributed by atoms with Crippen molar-refractivity contribution in [2.24, 2.45) is 5.73 Å². The van der Waals surface area contributed by atoms with Crippen molar-refractivity contribution in [2.75, 3.05) is 0 Å². The Morgan fingerprint density at radius 1 is 0.895 bits per heavy atom. The summed E-state index contributed by atoms with van der Waals surface area (Å²) in [6.07, 6.45) is 1.25. The van der Waals surface area contributed by atoms with Crippen LogP contribution in [0.2, 0.25) is 0 Å². The molecule has 0 heterocycles. The highest BCUT2D eigenvalue weighted by molar-refractivity contribution is 14.1. The van der Waals surface area contributed by atoms with E-state index in [4.69, 9.17) is 5.73 Å². The van der Waals surface area contributed by atoms with Crippen molar-refractivity contribution in [3.8, 4) is 0 Å². The summed E-state index contributed by atoms with van der Waals surface area (Å²) in [6, 6.07) is 11.9. The van der Waals surface area contributed by atoms with Gasteiger partial charge in [-0.25, -0.2) is 8.78 Å². The molecule has 4 heteroatoms. The zero-order valence-electron chi connectivity index (χ0n) is 10.2. The van der Waals surface area contributed by atoms with Crippen LogP contribution in [0.5, 0.6) is 0 Å². The summed E-state index contributed by atoms with van der Waals surface area (Å²) in [5.41, 5.74) is 7.91. The van der Waals surface area contributed by atoms with Crippen LogP contribution in [0.3, 0.4) is 0 Å². The van der Waals surface area contributed by atoms with E-state index in [0.717, 1.165) is 23.6 Å². The third kappa shape index (κ3) is 4.24. The number of benzene rings is 2. The van der Waals surface area contributed by atoms with Crippen LogP contribution in [0.1, 0.15) is 11.1 Å². The molecule has 2 aromatic rings. The molecule has 1 unspecified atom stereocenters. The van der Waals surface area contributed by atoms with Gasteiger partial charge in [-0.2, -0.15) is 0 Å². The van der Waals surface area contributed by atoms with Crippen molar-refractivity contribution < 1.29 is 8.78 Å². The van der Waals surface area contributed by atoms with Crippen molar-refractivity contribution in [3.05, 3.63) is 68.8 Å². The van der Waals surface area contributed by atoms with Crippen LogP contribution < -0.4 is 5.73 Å². The lowest BCUT2D eigenvalue weighted by Crippen LogP contribution is -2.25. The predicted octanol–water partition coefficient (Wildman–Crippen LogP) is 3.68. The quantitative estimate of drug-likeness (QED) is 0.814. The second kappa shape index (κ2) is 6.43. The molecule has 100 valence electrons. The molecular weight excluding hydrogens is 359 g/mol. The number of hydrogen-bond donors (Lipinski definition) is 1. The molecule has 0 amide bonds. The number of halogens is 3. The summed E-state index contributed by atoms with van der Waals surface area (Å²) in [5, 5.41) is 0. The van der Waals surface area contributed by atoms with Crippen LogP contribution in [0.25, 0.3) is 0 Å². The molecule has 1 atom stereocenters. The molecule has 1 nitrogen and oxygen atoms in total. The second-order valence-corrected chi connectivity index (χ2v) is 5.79. The van der Waals surface area contributed by atoms with Crippen LogP contribution >= 0.6 is 22.6 Å². The zero-order valence-corrected chi connectivity index (χ0v) is 12.4. The van der Waals surface area contributed by atoms with E-state index in [0.29, 0.717) is 6.42 Å². The maximum absolute atomic E-state index is 13.1. The van der Waals surface area contributed by atoms with Gasteiger partial charge in [0.1, 0.15) is 0 Å². The monoisotopic (exact) mass is 373 g/mol. The summed E-state index contributed by atoms with van der Waals surface area (Å²) < 4.78 is 27.1. The highest BCUT2D eigenvalue weighted by atomic mass is 127. The Hall–Kier alpha value is -1.01. The third-order valence-corrected chi connectivity index (χ3v) is 3.61. The molecular formula is C15H14F2IN. The highest BCUT2D eigenvalue weighted by Crippen LogP contribution is 2.13. The van der Waals surface area contributed by atoms with E-state index in [-0.39, 0.29) is 6.04 Å². The fourth-order valence-electron chi connectivity index (χ4n) is 1.96. The Kier molecular flexibility index (Phi) is 4.87. The van der Waals surface area contributed by atoms with Crippen LogP contribution in [-0.4, -0.2) is 6.04 Å². The Labute approximate surface area is 125 Å². The first-order valence-corrected chi connectivity index (χ1v) is 7.06. The molecule has 0 aliphatic rings. The van der Waals surface area contributed by atoms with Crippen molar-refractivity contribution >= 4 is 22.6 Å². The topological polar surface area (TPSA) is 26.0 Å². The molecule has 0 radical (unpaired) electrons. The van der Waals surface area contributed by atoms with Gasteiger partial charge in [-0.15, -0.1) is 0 Å². The van der Waals surface area contributed by atoms with Gasteiger partial charge >= 0.3 is 0 Å². The van der Waals surface area contributed by atoms with E-state index in [1.165, 1.54) is 9.64 Å². The first kappa shape index (κ1) is 14.4. The van der Waals surface area contributed by atoms with Gasteiger partial charge in [-0.1, -0.05) is 18.2 Å². The summed E-state index contributed by atoms with van der Waals surface area (Å²) >= 11 is 2.25. The molecule has 2 aromatic carbocycles. The van der Waals surface area contributed by atoms with Crippen molar-refractivity contribution in [1.82, 2.24) is 0 Å². The Bertz CT molecular complexity index is 555. The molecule has 0 aliphatic heterocycles. The Morgan fingerprint density at radius 2 is 1.47 bits per heavy atom. The first-order chi connectivity index (χ1) is 9.04. The molecule has 0 aromatic heterocycles. The van der Waals surface area contributed by atoms with Gasteiger partial charge in [-0.05, 0) is 70.8 Å². The largest absolute Gasteiger partial charge is 0.327 e. The fraction of sp³-hybridized carbons (Fsp3) is 0.200. The summed E-state index contributed by atoms with van der Waals surface area (Å²) in [6.45, 7) is 0. The van der Waals surface area contributed by atoms with E-state index >= 15 is 0 Å². The van der Waals surface area contributed by atoms with Crippen molar-refractivity contribution in [1.29, 1.82) is 0 Å². The van der Waals surface area contributed by atoms with Gasteiger partial charge in [-0.3, -0.25) is 0 Å². The summed E-state index contributed by atoms with van der Waals surface area (Å²) in [5.74, 6) is -1.64. The van der Waals surface area contributed by atoms with E-state index in [2.05, 4.69) is 22.6 Å². The molecule has 0 saturated carbocycles. The van der Waals surface area contributed by atoms with E-state index in [1.54, 1.807) is 6.07 Å². The summed E-state index contributed by atoms with van der Waals surface area (Å²) in [4.78, 5) is 0. The van der Waals surface area contributed by atoms with Gasteiger partial charge in [0.2, 0.25) is 0 Å². The molecule has 0 saturated heterocycles. The second-order valence-electron chi connectivity index (χ2n) is 4.54. The smallest absolute Gasteiger partial charge is 0.159 e. The van der Waals surface area contributed by atoms with Crippen LogP contribution in [0, 0.1) is 15.2 Å². The fourth-order valence-corrected chi connectivity index (χ4v) is 2.32. The minimum atomic E-state index is -0.824. The van der Waals surface area contributed by atoms with Crippen LogP contribution in [0.4, 0.5) is 8.78 Å². The number of hydrogen-bond acceptors (Lipinski definition) is 1. The average Bonchev–Trinajstić information content (AvgIpc) is 2.37. The maximum Gasteiger partial charge on any atom is 0.159 e. The standard InChI is InChI=1S/C15H14F2IN/c16-14-6-3-11(9-15(14)17)8-13(19)7-10-1-4-12(18)5-2-10/h1-6,9,13H,7-8,19H2. The SMILES string of the molecule is NC(Cc1ccc(I)cc1)Cc1ccc(F)c(F)c1. The number of rotatable bonds is 4. The molecule has 0 spiro atoms. The zero-order chi connectivity index (χ0) is 13.8. The van der Waals surface area contributed by atoms with Gasteiger partial charge in [0.25, 0.3) is 0 Å². The predicted molar refractivity (Wildman–Crippen MR) is 80.9 cm³/mol. The van der Waals surface area contributed by atoms with Crippen molar-refractivity contribution in [2.45, 2.75) is 18.9 Å². The van der Waals surface area contributed by atoms with E-state index < -0.39 is 11.6 Å². The minimum absolute atomic E-state index is 0.107. The first-order valence-electron chi connectivity index (χ1n) is 5.98. The average molecular weight is 373 g/mol. The molecule has 19 heavy (non-hydrogen) atoms. The Morgan fingerprint density at radius 3 is 2.11 bits per heavy atom. The lowest BCUT2D eigenvalue weighted by Gasteiger charge is -2.12. The van der Waals surface area contributed by atoms with Crippen molar-refractivity contribution in [3.63, 3.8) is 0 Å². The van der Waals surface area contributed by atoms with Gasteiger partial charge in [0.15, 0.2) is 11.6 Å². The number of nitrogens with two attached hydrogens (primary N) is 1. The molecule has 2 N–H and O–H groups in total. The normalized spacial score (nSPS) is 12.4. The van der Waals surface area contributed by atoms with Gasteiger partial charge in [0, 0.05) is 9.61 Å².